The Morgan fingerprint density at radius 2 is 2.19 bits per heavy atom. The summed E-state index contributed by atoms with van der Waals surface area (Å²) < 4.78 is 29.8. The molecule has 1 N–H and O–H groups in total. The van der Waals surface area contributed by atoms with Gasteiger partial charge in [-0.1, -0.05) is 0 Å². The van der Waals surface area contributed by atoms with Gasteiger partial charge >= 0.3 is 0 Å². The molecule has 0 aliphatic rings. The molecule has 0 amide bonds. The van der Waals surface area contributed by atoms with Gasteiger partial charge in [0.15, 0.2) is 17.3 Å². The molecule has 0 radical (unpaired) electrons. The van der Waals surface area contributed by atoms with Gasteiger partial charge in [0.2, 0.25) is 5.82 Å². The van der Waals surface area contributed by atoms with Crippen LogP contribution in [0.4, 0.5) is 8.78 Å². The second-order valence-electron chi connectivity index (χ2n) is 3.19. The van der Waals surface area contributed by atoms with Crippen molar-refractivity contribution in [3.05, 3.63) is 23.5 Å². The number of carbonyl (C=O) groups excluding carboxylic acids is 1. The molecule has 0 bridgehead atoms. The molecule has 0 aromatic heterocycles. The maximum absolute atomic E-state index is 13.3. The molecule has 0 saturated carbocycles. The van der Waals surface area contributed by atoms with Gasteiger partial charge in [-0.05, 0) is 18.6 Å². The van der Waals surface area contributed by atoms with E-state index >= 15 is 0 Å². The number of methoxy groups -OCH3 is 1. The maximum Gasteiger partial charge on any atom is 0.207 e. The number of hydrogen-bond acceptors (Lipinski definition) is 3. The summed E-state index contributed by atoms with van der Waals surface area (Å²) in [5.74, 6) is -2.35. The molecule has 0 fully saturated rings. The van der Waals surface area contributed by atoms with E-state index in [-0.39, 0.29) is 24.2 Å². The van der Waals surface area contributed by atoms with Gasteiger partial charge in [-0.2, -0.15) is 4.39 Å². The zero-order valence-electron chi connectivity index (χ0n) is 8.80. The smallest absolute Gasteiger partial charge is 0.207 e. The quantitative estimate of drug-likeness (QED) is 0.790. The van der Waals surface area contributed by atoms with Crippen molar-refractivity contribution in [3.63, 3.8) is 0 Å². The zero-order chi connectivity index (χ0) is 12.1. The summed E-state index contributed by atoms with van der Waals surface area (Å²) in [6, 6.07) is 2.51. The molecule has 0 spiro atoms. The van der Waals surface area contributed by atoms with Crippen LogP contribution in [0.1, 0.15) is 23.2 Å². The Balaban J connectivity index is 2.98. The van der Waals surface area contributed by atoms with Crippen molar-refractivity contribution < 1.29 is 23.4 Å². The molecule has 1 aromatic rings. The van der Waals surface area contributed by atoms with Crippen LogP contribution in [-0.2, 0) is 0 Å². The molecule has 1 rings (SSSR count). The molecular formula is C11H12F2O3. The molecule has 3 nitrogen and oxygen atoms in total. The summed E-state index contributed by atoms with van der Waals surface area (Å²) in [6.07, 6.45) is 0.00174. The Labute approximate surface area is 91.7 Å². The molecule has 88 valence electrons. The molecule has 0 unspecified atom stereocenters. The Morgan fingerprint density at radius 3 is 2.75 bits per heavy atom. The van der Waals surface area contributed by atoms with Crippen LogP contribution in [-0.4, -0.2) is 24.7 Å². The summed E-state index contributed by atoms with van der Waals surface area (Å²) in [5.41, 5.74) is -0.147. The SMILES string of the molecule is COc1ccc(C(=O)CCCF)c(O)c1F. The minimum atomic E-state index is -0.978. The van der Waals surface area contributed by atoms with Crippen LogP contribution >= 0.6 is 0 Å². The van der Waals surface area contributed by atoms with Crippen LogP contribution < -0.4 is 4.74 Å². The van der Waals surface area contributed by atoms with Crippen LogP contribution in [0.3, 0.4) is 0 Å². The number of aromatic hydroxyl groups is 1. The normalized spacial score (nSPS) is 10.2. The fourth-order valence-electron chi connectivity index (χ4n) is 1.29. The van der Waals surface area contributed by atoms with E-state index in [2.05, 4.69) is 4.74 Å². The minimum absolute atomic E-state index is 0.0597. The highest BCUT2D eigenvalue weighted by Gasteiger charge is 2.17. The Morgan fingerprint density at radius 1 is 1.50 bits per heavy atom. The number of carbonyl (C=O) groups is 1. The number of hydrogen-bond donors (Lipinski definition) is 1. The summed E-state index contributed by atoms with van der Waals surface area (Å²) in [7, 11) is 1.25. The van der Waals surface area contributed by atoms with E-state index in [0.29, 0.717) is 0 Å². The van der Waals surface area contributed by atoms with E-state index in [1.165, 1.54) is 19.2 Å². The highest BCUT2D eigenvalue weighted by molar-refractivity contribution is 5.98. The average Bonchev–Trinajstić information content (AvgIpc) is 2.29. The average molecular weight is 230 g/mol. The van der Waals surface area contributed by atoms with Crippen LogP contribution in [0.2, 0.25) is 0 Å². The van der Waals surface area contributed by atoms with E-state index in [4.69, 9.17) is 0 Å². The lowest BCUT2D eigenvalue weighted by Crippen LogP contribution is -2.02. The lowest BCUT2D eigenvalue weighted by Gasteiger charge is -2.07. The van der Waals surface area contributed by atoms with Crippen LogP contribution in [0.5, 0.6) is 11.5 Å². The first-order valence-electron chi connectivity index (χ1n) is 4.76. The number of ether oxygens (including phenoxy) is 1. The minimum Gasteiger partial charge on any atom is -0.504 e. The first kappa shape index (κ1) is 12.4. The molecule has 1 aromatic carbocycles. The van der Waals surface area contributed by atoms with Crippen molar-refractivity contribution in [2.75, 3.05) is 13.8 Å². The fourth-order valence-corrected chi connectivity index (χ4v) is 1.29. The van der Waals surface area contributed by atoms with E-state index in [1.54, 1.807) is 0 Å². The summed E-state index contributed by atoms with van der Waals surface area (Å²) >= 11 is 0. The molecule has 0 aliphatic carbocycles. The number of alkyl halides is 1. The van der Waals surface area contributed by atoms with Crippen molar-refractivity contribution in [1.29, 1.82) is 0 Å². The molecule has 0 aliphatic heterocycles. The van der Waals surface area contributed by atoms with E-state index in [1.807, 2.05) is 0 Å². The molecule has 0 atom stereocenters. The molecule has 16 heavy (non-hydrogen) atoms. The first-order chi connectivity index (χ1) is 7.61. The monoisotopic (exact) mass is 230 g/mol. The highest BCUT2D eigenvalue weighted by Crippen LogP contribution is 2.30. The molecule has 5 heteroatoms. The molecule has 0 saturated heterocycles. The number of rotatable bonds is 5. The van der Waals surface area contributed by atoms with Gasteiger partial charge in [0.05, 0.1) is 19.3 Å². The number of benzene rings is 1. The number of ketones is 1. The van der Waals surface area contributed by atoms with E-state index < -0.39 is 24.0 Å². The van der Waals surface area contributed by atoms with Gasteiger partial charge < -0.3 is 9.84 Å². The van der Waals surface area contributed by atoms with Crippen molar-refractivity contribution in [3.8, 4) is 11.5 Å². The number of phenols is 1. The fraction of sp³-hybridized carbons (Fsp3) is 0.364. The Bertz CT molecular complexity index is 391. The molecular weight excluding hydrogens is 218 g/mol. The Kier molecular flexibility index (Phi) is 4.22. The topological polar surface area (TPSA) is 46.5 Å². The number of phenolic OH excluding ortho intramolecular Hbond substituents is 1. The van der Waals surface area contributed by atoms with Crippen LogP contribution in [0.15, 0.2) is 12.1 Å². The van der Waals surface area contributed by atoms with Gasteiger partial charge in [0.25, 0.3) is 0 Å². The highest BCUT2D eigenvalue weighted by atomic mass is 19.1. The van der Waals surface area contributed by atoms with Gasteiger partial charge in [-0.3, -0.25) is 9.18 Å². The third-order valence-corrected chi connectivity index (χ3v) is 2.14. The van der Waals surface area contributed by atoms with Crippen molar-refractivity contribution in [1.82, 2.24) is 0 Å². The Hall–Kier alpha value is -1.65. The lowest BCUT2D eigenvalue weighted by atomic mass is 10.1. The maximum atomic E-state index is 13.3. The summed E-state index contributed by atoms with van der Waals surface area (Å²) in [6.45, 7) is -0.620. The molecule has 0 heterocycles. The predicted octanol–water partition coefficient (Wildman–Crippen LogP) is 2.47. The first-order valence-corrected chi connectivity index (χ1v) is 4.76. The van der Waals surface area contributed by atoms with Crippen LogP contribution in [0, 0.1) is 5.82 Å². The summed E-state index contributed by atoms with van der Waals surface area (Å²) in [4.78, 5) is 11.4. The van der Waals surface area contributed by atoms with Crippen molar-refractivity contribution in [2.24, 2.45) is 0 Å². The van der Waals surface area contributed by atoms with Crippen LogP contribution in [0.25, 0.3) is 0 Å². The second kappa shape index (κ2) is 5.44. The van der Waals surface area contributed by atoms with Gasteiger partial charge in [-0.25, -0.2) is 0 Å². The number of halogens is 2. The van der Waals surface area contributed by atoms with Gasteiger partial charge in [-0.15, -0.1) is 0 Å². The zero-order valence-corrected chi connectivity index (χ0v) is 8.80. The summed E-state index contributed by atoms with van der Waals surface area (Å²) in [5, 5.41) is 9.41. The largest absolute Gasteiger partial charge is 0.504 e. The van der Waals surface area contributed by atoms with Crippen molar-refractivity contribution >= 4 is 5.78 Å². The standard InChI is InChI=1S/C11H12F2O3/c1-16-9-5-4-7(11(15)10(9)13)8(14)3-2-6-12/h4-5,15H,2-3,6H2,1H3. The predicted molar refractivity (Wildman–Crippen MR) is 54.2 cm³/mol. The third-order valence-electron chi connectivity index (χ3n) is 2.14. The number of Topliss-reactive ketones (excluding diaryl/α,β-unsaturated/α-hetero) is 1. The van der Waals surface area contributed by atoms with Gasteiger partial charge in [0.1, 0.15) is 0 Å². The van der Waals surface area contributed by atoms with Gasteiger partial charge in [0, 0.05) is 6.42 Å². The van der Waals surface area contributed by atoms with E-state index in [0.717, 1.165) is 0 Å². The second-order valence-corrected chi connectivity index (χ2v) is 3.19. The van der Waals surface area contributed by atoms with Crippen molar-refractivity contribution in [2.45, 2.75) is 12.8 Å². The van der Waals surface area contributed by atoms with E-state index in [9.17, 15) is 18.7 Å². The third kappa shape index (κ3) is 2.48. The lowest BCUT2D eigenvalue weighted by molar-refractivity contribution is 0.0973.